The van der Waals surface area contributed by atoms with Crippen molar-refractivity contribution < 1.29 is 13.2 Å². The number of nitrogens with one attached hydrogen (secondary N) is 1. The summed E-state index contributed by atoms with van der Waals surface area (Å²) in [6.45, 7) is 2.07. The van der Waals surface area contributed by atoms with Crippen molar-refractivity contribution in [3.05, 3.63) is 47.8 Å². The Balaban J connectivity index is 1.70. The summed E-state index contributed by atoms with van der Waals surface area (Å²) in [5.41, 5.74) is 2.42. The molecule has 0 aliphatic carbocycles. The van der Waals surface area contributed by atoms with Crippen molar-refractivity contribution in [1.29, 1.82) is 0 Å². The van der Waals surface area contributed by atoms with Gasteiger partial charge in [-0.15, -0.1) is 0 Å². The third-order valence-corrected chi connectivity index (χ3v) is 6.37. The fraction of sp³-hybridized carbons (Fsp3) is 0.389. The molecule has 1 unspecified atom stereocenters. The van der Waals surface area contributed by atoms with E-state index in [2.05, 4.69) is 22.2 Å². The van der Waals surface area contributed by atoms with Gasteiger partial charge in [-0.2, -0.15) is 0 Å². The number of para-hydroxylation sites is 1. The minimum atomic E-state index is -3.04. The van der Waals surface area contributed by atoms with Crippen LogP contribution < -0.4 is 5.32 Å². The Labute approximate surface area is 153 Å². The first-order valence-electron chi connectivity index (χ1n) is 8.54. The van der Waals surface area contributed by atoms with E-state index in [1.807, 2.05) is 24.3 Å². The highest BCUT2D eigenvalue weighted by Crippen LogP contribution is 2.20. The number of sulfone groups is 1. The predicted octanol–water partition coefficient (Wildman–Crippen LogP) is 2.04. The zero-order valence-electron chi connectivity index (χ0n) is 14.8. The van der Waals surface area contributed by atoms with E-state index >= 15 is 0 Å². The molecule has 1 aliphatic rings. The van der Waals surface area contributed by atoms with Gasteiger partial charge in [0, 0.05) is 31.2 Å². The molecule has 0 bridgehead atoms. The van der Waals surface area contributed by atoms with Crippen molar-refractivity contribution in [3.63, 3.8) is 0 Å². The second kappa shape index (κ2) is 7.41. The van der Waals surface area contributed by atoms with E-state index in [-0.39, 0.29) is 23.5 Å². The molecule has 3 rings (SSSR count). The average molecular weight is 374 g/mol. The van der Waals surface area contributed by atoms with Gasteiger partial charge in [-0.1, -0.05) is 25.1 Å². The van der Waals surface area contributed by atoms with E-state index in [0.29, 0.717) is 17.9 Å². The number of rotatable bonds is 5. The Morgan fingerprint density at radius 2 is 1.96 bits per heavy atom. The second-order valence-corrected chi connectivity index (χ2v) is 8.63. The number of hydrogen-bond acceptors (Lipinski definition) is 6. The molecule has 1 amide bonds. The lowest BCUT2D eigenvalue weighted by Gasteiger charge is -2.23. The molecular formula is C18H22N4O3S. The molecule has 1 aliphatic heterocycles. The molecular weight excluding hydrogens is 352 g/mol. The predicted molar refractivity (Wildman–Crippen MR) is 100 cm³/mol. The maximum absolute atomic E-state index is 12.5. The SMILES string of the molecule is CCc1ccccc1Nc1ncc(C(=O)N(C)C2CCS(=O)(=O)C2)cn1. The van der Waals surface area contributed by atoms with Gasteiger partial charge in [-0.25, -0.2) is 18.4 Å². The number of benzene rings is 1. The molecule has 8 heteroatoms. The third kappa shape index (κ3) is 4.01. The van der Waals surface area contributed by atoms with E-state index < -0.39 is 9.84 Å². The number of amides is 1. The maximum atomic E-state index is 12.5. The van der Waals surface area contributed by atoms with E-state index in [4.69, 9.17) is 0 Å². The van der Waals surface area contributed by atoms with Gasteiger partial charge in [0.25, 0.3) is 5.91 Å². The van der Waals surface area contributed by atoms with Crippen molar-refractivity contribution in [1.82, 2.24) is 14.9 Å². The fourth-order valence-corrected chi connectivity index (χ4v) is 4.80. The van der Waals surface area contributed by atoms with Gasteiger partial charge in [0.1, 0.15) is 0 Å². The van der Waals surface area contributed by atoms with E-state index in [1.54, 1.807) is 7.05 Å². The molecule has 7 nitrogen and oxygen atoms in total. The van der Waals surface area contributed by atoms with Crippen LogP contribution in [0.1, 0.15) is 29.3 Å². The summed E-state index contributed by atoms with van der Waals surface area (Å²) in [5, 5.41) is 3.16. The van der Waals surface area contributed by atoms with Crippen LogP contribution in [0, 0.1) is 0 Å². The van der Waals surface area contributed by atoms with Crippen molar-refractivity contribution in [2.24, 2.45) is 0 Å². The second-order valence-electron chi connectivity index (χ2n) is 6.40. The number of hydrogen-bond donors (Lipinski definition) is 1. The van der Waals surface area contributed by atoms with Crippen LogP contribution >= 0.6 is 0 Å². The molecule has 1 aromatic heterocycles. The minimum Gasteiger partial charge on any atom is -0.338 e. The molecule has 0 saturated carbocycles. The van der Waals surface area contributed by atoms with E-state index in [1.165, 1.54) is 17.3 Å². The van der Waals surface area contributed by atoms with Crippen molar-refractivity contribution >= 4 is 27.4 Å². The quantitative estimate of drug-likeness (QED) is 0.861. The summed E-state index contributed by atoms with van der Waals surface area (Å²) in [6, 6.07) is 7.61. The Kier molecular flexibility index (Phi) is 5.22. The highest BCUT2D eigenvalue weighted by atomic mass is 32.2. The van der Waals surface area contributed by atoms with Gasteiger partial charge in [0.2, 0.25) is 5.95 Å². The van der Waals surface area contributed by atoms with E-state index in [0.717, 1.165) is 17.7 Å². The standard InChI is InChI=1S/C18H22N4O3S/c1-3-13-6-4-5-7-16(13)21-18-19-10-14(11-20-18)17(23)22(2)15-8-9-26(24,25)12-15/h4-7,10-11,15H,3,8-9,12H2,1-2H3,(H,19,20,21). The summed E-state index contributed by atoms with van der Waals surface area (Å²) >= 11 is 0. The normalized spacial score (nSPS) is 18.5. The summed E-state index contributed by atoms with van der Waals surface area (Å²) in [4.78, 5) is 22.5. The third-order valence-electron chi connectivity index (χ3n) is 4.62. The Hall–Kier alpha value is -2.48. The zero-order valence-corrected chi connectivity index (χ0v) is 15.7. The molecule has 0 radical (unpaired) electrons. The van der Waals surface area contributed by atoms with Gasteiger partial charge < -0.3 is 10.2 Å². The van der Waals surface area contributed by atoms with Crippen molar-refractivity contribution in [2.75, 3.05) is 23.9 Å². The monoisotopic (exact) mass is 374 g/mol. The Morgan fingerprint density at radius 3 is 2.58 bits per heavy atom. The molecule has 26 heavy (non-hydrogen) atoms. The largest absolute Gasteiger partial charge is 0.338 e. The first kappa shape index (κ1) is 18.3. The number of aryl methyl sites for hydroxylation is 1. The van der Waals surface area contributed by atoms with Crippen LogP contribution in [0.15, 0.2) is 36.7 Å². The lowest BCUT2D eigenvalue weighted by Crippen LogP contribution is -2.37. The topological polar surface area (TPSA) is 92.3 Å². The molecule has 1 saturated heterocycles. The van der Waals surface area contributed by atoms with Crippen molar-refractivity contribution in [3.8, 4) is 0 Å². The number of anilines is 2. The zero-order chi connectivity index (χ0) is 18.7. The summed E-state index contributed by atoms with van der Waals surface area (Å²) in [5.74, 6) is 0.288. The highest BCUT2D eigenvalue weighted by molar-refractivity contribution is 7.91. The lowest BCUT2D eigenvalue weighted by atomic mass is 10.1. The Bertz CT molecular complexity index is 897. The summed E-state index contributed by atoms with van der Waals surface area (Å²) in [7, 11) is -1.42. The van der Waals surface area contributed by atoms with Gasteiger partial charge >= 0.3 is 0 Å². The number of nitrogens with zero attached hydrogens (tertiary/aromatic N) is 3. The van der Waals surface area contributed by atoms with Gasteiger partial charge in [-0.05, 0) is 24.5 Å². The highest BCUT2D eigenvalue weighted by Gasteiger charge is 2.33. The molecule has 138 valence electrons. The molecule has 1 fully saturated rings. The lowest BCUT2D eigenvalue weighted by molar-refractivity contribution is 0.0747. The van der Waals surface area contributed by atoms with Gasteiger partial charge in [0.15, 0.2) is 9.84 Å². The number of aromatic nitrogens is 2. The summed E-state index contributed by atoms with van der Waals surface area (Å²) in [6.07, 6.45) is 4.28. The molecule has 0 spiro atoms. The van der Waals surface area contributed by atoms with E-state index in [9.17, 15) is 13.2 Å². The fourth-order valence-electron chi connectivity index (χ4n) is 3.02. The smallest absolute Gasteiger partial charge is 0.257 e. The van der Waals surface area contributed by atoms with Crippen LogP contribution in [0.5, 0.6) is 0 Å². The minimum absolute atomic E-state index is 0.0174. The average Bonchev–Trinajstić information content (AvgIpc) is 3.01. The number of carbonyl (C=O) groups excluding carboxylic acids is 1. The van der Waals surface area contributed by atoms with Crippen LogP contribution in [0.2, 0.25) is 0 Å². The van der Waals surface area contributed by atoms with Gasteiger partial charge in [-0.3, -0.25) is 4.79 Å². The Morgan fingerprint density at radius 1 is 1.27 bits per heavy atom. The van der Waals surface area contributed by atoms with Gasteiger partial charge in [0.05, 0.1) is 17.1 Å². The molecule has 2 aromatic rings. The summed E-state index contributed by atoms with van der Waals surface area (Å²) < 4.78 is 23.2. The molecule has 2 heterocycles. The van der Waals surface area contributed by atoms with Crippen LogP contribution in [-0.4, -0.2) is 53.8 Å². The molecule has 1 atom stereocenters. The molecule has 1 N–H and O–H groups in total. The maximum Gasteiger partial charge on any atom is 0.257 e. The van der Waals surface area contributed by atoms with Crippen LogP contribution in [0.3, 0.4) is 0 Å². The van der Waals surface area contributed by atoms with Crippen LogP contribution in [0.4, 0.5) is 11.6 Å². The molecule has 1 aromatic carbocycles. The van der Waals surface area contributed by atoms with Crippen LogP contribution in [0.25, 0.3) is 0 Å². The van der Waals surface area contributed by atoms with Crippen molar-refractivity contribution in [2.45, 2.75) is 25.8 Å². The van der Waals surface area contributed by atoms with Crippen LogP contribution in [-0.2, 0) is 16.3 Å². The first-order valence-corrected chi connectivity index (χ1v) is 10.4. The number of carbonyl (C=O) groups is 1. The first-order chi connectivity index (χ1) is 12.4.